The Labute approximate surface area is 61.9 Å². The second-order valence-corrected chi connectivity index (χ2v) is 2.15. The Morgan fingerprint density at radius 3 is 2.80 bits per heavy atom. The van der Waals surface area contributed by atoms with Gasteiger partial charge in [-0.1, -0.05) is 26.0 Å². The van der Waals surface area contributed by atoms with Crippen LogP contribution >= 0.6 is 0 Å². The van der Waals surface area contributed by atoms with E-state index in [1.807, 2.05) is 0 Å². The van der Waals surface area contributed by atoms with E-state index in [9.17, 15) is 4.79 Å². The molecule has 0 aliphatic heterocycles. The van der Waals surface area contributed by atoms with E-state index in [2.05, 4.69) is 13.5 Å². The molecule has 0 aromatic heterocycles. The number of hydrogen-bond acceptors (Lipinski definition) is 2. The molecule has 0 saturated carbocycles. The number of hydrogen-bond donors (Lipinski definition) is 0. The van der Waals surface area contributed by atoms with Gasteiger partial charge in [0.05, 0.1) is 0 Å². The van der Waals surface area contributed by atoms with Crippen molar-refractivity contribution in [3.8, 4) is 0 Å². The van der Waals surface area contributed by atoms with Crippen molar-refractivity contribution >= 4 is 6.47 Å². The number of carbonyl (C=O) groups is 1. The van der Waals surface area contributed by atoms with Crippen LogP contribution in [0.15, 0.2) is 12.7 Å². The second kappa shape index (κ2) is 6.33. The van der Waals surface area contributed by atoms with E-state index >= 15 is 0 Å². The molecule has 0 radical (unpaired) electrons. The van der Waals surface area contributed by atoms with Crippen molar-refractivity contribution in [2.24, 2.45) is 0 Å². The highest BCUT2D eigenvalue weighted by atomic mass is 16.5. The molecule has 0 fully saturated rings. The van der Waals surface area contributed by atoms with Crippen LogP contribution in [0.2, 0.25) is 0 Å². The number of ether oxygens (including phenoxy) is 1. The molecule has 1 unspecified atom stereocenters. The van der Waals surface area contributed by atoms with Gasteiger partial charge in [0.15, 0.2) is 0 Å². The molecular weight excluding hydrogens is 128 g/mol. The van der Waals surface area contributed by atoms with Crippen LogP contribution in [0.4, 0.5) is 0 Å². The van der Waals surface area contributed by atoms with Gasteiger partial charge in [-0.15, -0.1) is 0 Å². The predicted octanol–water partition coefficient (Wildman–Crippen LogP) is 1.90. The average molecular weight is 142 g/mol. The third-order valence-corrected chi connectivity index (χ3v) is 1.34. The van der Waals surface area contributed by atoms with Crippen molar-refractivity contribution in [3.63, 3.8) is 0 Å². The molecule has 1 atom stereocenters. The fourth-order valence-electron chi connectivity index (χ4n) is 0.718. The molecule has 0 amide bonds. The third kappa shape index (κ3) is 4.13. The SMILES string of the molecule is C=CC(CCCC)OC=O. The van der Waals surface area contributed by atoms with Gasteiger partial charge in [-0.3, -0.25) is 4.79 Å². The smallest absolute Gasteiger partial charge is 0.293 e. The fraction of sp³-hybridized carbons (Fsp3) is 0.625. The molecule has 10 heavy (non-hydrogen) atoms. The Balaban J connectivity index is 3.38. The first-order chi connectivity index (χ1) is 4.85. The van der Waals surface area contributed by atoms with Crippen molar-refractivity contribution in [2.75, 3.05) is 0 Å². The molecule has 2 heteroatoms. The van der Waals surface area contributed by atoms with Crippen LogP contribution in [0, 0.1) is 0 Å². The van der Waals surface area contributed by atoms with Crippen molar-refractivity contribution < 1.29 is 9.53 Å². The van der Waals surface area contributed by atoms with Gasteiger partial charge >= 0.3 is 0 Å². The maximum absolute atomic E-state index is 9.87. The first-order valence-corrected chi connectivity index (χ1v) is 3.56. The monoisotopic (exact) mass is 142 g/mol. The Hall–Kier alpha value is -0.790. The van der Waals surface area contributed by atoms with Gasteiger partial charge in [0.2, 0.25) is 0 Å². The molecule has 0 N–H and O–H groups in total. The maximum atomic E-state index is 9.87. The Kier molecular flexibility index (Phi) is 5.83. The first-order valence-electron chi connectivity index (χ1n) is 3.56. The van der Waals surface area contributed by atoms with Gasteiger partial charge in [-0.25, -0.2) is 0 Å². The normalized spacial score (nSPS) is 12.1. The minimum Gasteiger partial charge on any atom is -0.460 e. The lowest BCUT2D eigenvalue weighted by atomic mass is 10.2. The zero-order chi connectivity index (χ0) is 7.82. The van der Waals surface area contributed by atoms with Crippen molar-refractivity contribution in [2.45, 2.75) is 32.3 Å². The summed E-state index contributed by atoms with van der Waals surface area (Å²) in [6.45, 7) is 6.12. The summed E-state index contributed by atoms with van der Waals surface area (Å²) in [5.74, 6) is 0. The molecule has 0 heterocycles. The van der Waals surface area contributed by atoms with Crippen LogP contribution in [0.25, 0.3) is 0 Å². The third-order valence-electron chi connectivity index (χ3n) is 1.34. The van der Waals surface area contributed by atoms with Crippen molar-refractivity contribution in [1.82, 2.24) is 0 Å². The van der Waals surface area contributed by atoms with E-state index in [1.165, 1.54) is 0 Å². The first kappa shape index (κ1) is 9.21. The van der Waals surface area contributed by atoms with Gasteiger partial charge in [0.25, 0.3) is 6.47 Å². The highest BCUT2D eigenvalue weighted by Crippen LogP contribution is 2.03. The van der Waals surface area contributed by atoms with Crippen LogP contribution in [0.3, 0.4) is 0 Å². The molecule has 0 saturated heterocycles. The largest absolute Gasteiger partial charge is 0.460 e. The van der Waals surface area contributed by atoms with E-state index < -0.39 is 0 Å². The number of unbranched alkanes of at least 4 members (excludes halogenated alkanes) is 1. The Morgan fingerprint density at radius 2 is 2.40 bits per heavy atom. The average Bonchev–Trinajstić information content (AvgIpc) is 1.98. The van der Waals surface area contributed by atoms with Gasteiger partial charge < -0.3 is 4.74 Å². The summed E-state index contributed by atoms with van der Waals surface area (Å²) in [6.07, 6.45) is 4.65. The molecule has 0 aliphatic carbocycles. The predicted molar refractivity (Wildman–Crippen MR) is 40.7 cm³/mol. The van der Waals surface area contributed by atoms with E-state index in [0.717, 1.165) is 19.3 Å². The molecule has 0 aromatic rings. The lowest BCUT2D eigenvalue weighted by Gasteiger charge is -2.07. The lowest BCUT2D eigenvalue weighted by molar-refractivity contribution is -0.131. The van der Waals surface area contributed by atoms with E-state index in [1.54, 1.807) is 6.08 Å². The second-order valence-electron chi connectivity index (χ2n) is 2.15. The number of carbonyl (C=O) groups excluding carboxylic acids is 1. The zero-order valence-corrected chi connectivity index (χ0v) is 6.38. The fourth-order valence-corrected chi connectivity index (χ4v) is 0.718. The summed E-state index contributed by atoms with van der Waals surface area (Å²) in [4.78, 5) is 9.87. The van der Waals surface area contributed by atoms with Gasteiger partial charge in [-0.2, -0.15) is 0 Å². The zero-order valence-electron chi connectivity index (χ0n) is 6.38. The highest BCUT2D eigenvalue weighted by Gasteiger charge is 2.00. The summed E-state index contributed by atoms with van der Waals surface area (Å²) < 4.78 is 4.69. The quantitative estimate of drug-likeness (QED) is 0.418. The standard InChI is InChI=1S/C8H14O2/c1-3-5-6-8(4-2)10-7-9/h4,7-8H,2-3,5-6H2,1H3. The summed E-state index contributed by atoms with van der Waals surface area (Å²) >= 11 is 0. The Morgan fingerprint density at radius 1 is 1.70 bits per heavy atom. The lowest BCUT2D eigenvalue weighted by Crippen LogP contribution is -2.07. The topological polar surface area (TPSA) is 26.3 Å². The van der Waals surface area contributed by atoms with Crippen LogP contribution in [0.5, 0.6) is 0 Å². The molecule has 58 valence electrons. The van der Waals surface area contributed by atoms with Crippen LogP contribution in [-0.2, 0) is 9.53 Å². The molecule has 0 aromatic carbocycles. The van der Waals surface area contributed by atoms with Gasteiger partial charge in [-0.05, 0) is 12.8 Å². The number of rotatable bonds is 6. The summed E-state index contributed by atoms with van der Waals surface area (Å²) in [6, 6.07) is 0. The van der Waals surface area contributed by atoms with Crippen molar-refractivity contribution in [1.29, 1.82) is 0 Å². The van der Waals surface area contributed by atoms with E-state index in [4.69, 9.17) is 4.74 Å². The minimum atomic E-state index is -0.0857. The molecule has 0 bridgehead atoms. The van der Waals surface area contributed by atoms with E-state index in [0.29, 0.717) is 6.47 Å². The summed E-state index contributed by atoms with van der Waals surface area (Å²) in [5.41, 5.74) is 0. The molecule has 0 aliphatic rings. The molecule has 0 rings (SSSR count). The van der Waals surface area contributed by atoms with Crippen LogP contribution < -0.4 is 0 Å². The van der Waals surface area contributed by atoms with Crippen molar-refractivity contribution in [3.05, 3.63) is 12.7 Å². The minimum absolute atomic E-state index is 0.0857. The van der Waals surface area contributed by atoms with Gasteiger partial charge in [0, 0.05) is 0 Å². The van der Waals surface area contributed by atoms with Crippen LogP contribution in [0.1, 0.15) is 26.2 Å². The molecule has 2 nitrogen and oxygen atoms in total. The van der Waals surface area contributed by atoms with Crippen LogP contribution in [-0.4, -0.2) is 12.6 Å². The van der Waals surface area contributed by atoms with E-state index in [-0.39, 0.29) is 6.10 Å². The maximum Gasteiger partial charge on any atom is 0.293 e. The summed E-state index contributed by atoms with van der Waals surface area (Å²) in [7, 11) is 0. The summed E-state index contributed by atoms with van der Waals surface area (Å²) in [5, 5.41) is 0. The highest BCUT2D eigenvalue weighted by molar-refractivity contribution is 5.37. The molecule has 0 spiro atoms. The molecular formula is C8H14O2. The van der Waals surface area contributed by atoms with Gasteiger partial charge in [0.1, 0.15) is 6.10 Å². The Bertz CT molecular complexity index is 99.4.